The van der Waals surface area contributed by atoms with E-state index in [1.165, 1.54) is 17.3 Å². The summed E-state index contributed by atoms with van der Waals surface area (Å²) in [4.78, 5) is 29.7. The number of hydrogen-bond acceptors (Lipinski definition) is 4. The number of nitrogens with one attached hydrogen (secondary N) is 1. The Morgan fingerprint density at radius 3 is 3.00 bits per heavy atom. The first-order chi connectivity index (χ1) is 11.2. The van der Waals surface area contributed by atoms with Gasteiger partial charge in [-0.3, -0.25) is 9.59 Å². The second-order valence-corrected chi connectivity index (χ2v) is 6.84. The molecule has 6 heteroatoms. The van der Waals surface area contributed by atoms with Gasteiger partial charge in [0.1, 0.15) is 0 Å². The molecule has 0 spiro atoms. The summed E-state index contributed by atoms with van der Waals surface area (Å²) in [5, 5.41) is 3.92. The fourth-order valence-electron chi connectivity index (χ4n) is 2.83. The summed E-state index contributed by atoms with van der Waals surface area (Å²) in [6.45, 7) is 2.23. The van der Waals surface area contributed by atoms with Crippen molar-refractivity contribution in [2.45, 2.75) is 25.7 Å². The van der Waals surface area contributed by atoms with Gasteiger partial charge in [0.05, 0.1) is 16.5 Å². The molecule has 0 aliphatic carbocycles. The zero-order chi connectivity index (χ0) is 16.1. The van der Waals surface area contributed by atoms with E-state index < -0.39 is 0 Å². The lowest BCUT2D eigenvalue weighted by atomic mass is 10.2. The van der Waals surface area contributed by atoms with Crippen LogP contribution in [0.25, 0.3) is 0 Å². The minimum absolute atomic E-state index is 0.0291. The van der Waals surface area contributed by atoms with Crippen LogP contribution in [-0.2, 0) is 16.0 Å². The predicted octanol–water partition coefficient (Wildman–Crippen LogP) is 2.13. The molecule has 0 unspecified atom stereocenters. The Morgan fingerprint density at radius 2 is 2.22 bits per heavy atom. The number of carbonyl (C=O) groups is 2. The summed E-state index contributed by atoms with van der Waals surface area (Å²) in [5.74, 6) is 0.669. The third-order valence-electron chi connectivity index (χ3n) is 4.05. The first-order valence-corrected chi connectivity index (χ1v) is 9.04. The van der Waals surface area contributed by atoms with Crippen molar-refractivity contribution in [1.82, 2.24) is 10.2 Å². The molecule has 2 aliphatic heterocycles. The van der Waals surface area contributed by atoms with Crippen LogP contribution in [0.4, 0.5) is 5.69 Å². The van der Waals surface area contributed by atoms with Crippen LogP contribution < -0.4 is 5.32 Å². The fraction of sp³-hybridized carbons (Fsp3) is 0.471. The van der Waals surface area contributed by atoms with Gasteiger partial charge < -0.3 is 10.2 Å². The zero-order valence-corrected chi connectivity index (χ0v) is 13.9. The van der Waals surface area contributed by atoms with Crippen LogP contribution in [0.5, 0.6) is 0 Å². The van der Waals surface area contributed by atoms with Crippen LogP contribution in [0.1, 0.15) is 24.8 Å². The molecule has 122 valence electrons. The van der Waals surface area contributed by atoms with Crippen molar-refractivity contribution in [2.24, 2.45) is 4.99 Å². The van der Waals surface area contributed by atoms with Gasteiger partial charge in [-0.2, -0.15) is 0 Å². The van der Waals surface area contributed by atoms with Crippen LogP contribution in [0.3, 0.4) is 0 Å². The molecule has 2 aliphatic rings. The van der Waals surface area contributed by atoms with E-state index in [0.29, 0.717) is 18.7 Å². The van der Waals surface area contributed by atoms with Crippen LogP contribution in [0.2, 0.25) is 0 Å². The number of thioether (sulfide) groups is 1. The second kappa shape index (κ2) is 7.64. The lowest BCUT2D eigenvalue weighted by Crippen LogP contribution is -2.31. The van der Waals surface area contributed by atoms with Crippen molar-refractivity contribution < 1.29 is 9.59 Å². The number of hydrogen-bond donors (Lipinski definition) is 1. The van der Waals surface area contributed by atoms with E-state index in [1.54, 1.807) is 0 Å². The quantitative estimate of drug-likeness (QED) is 0.812. The van der Waals surface area contributed by atoms with Gasteiger partial charge in [-0.05, 0) is 24.5 Å². The number of para-hydroxylation sites is 1. The number of aliphatic imine (C=N–C) groups is 1. The highest BCUT2D eigenvalue weighted by Crippen LogP contribution is 2.29. The van der Waals surface area contributed by atoms with Gasteiger partial charge in [-0.1, -0.05) is 18.2 Å². The molecular weight excluding hydrogens is 310 g/mol. The zero-order valence-electron chi connectivity index (χ0n) is 13.1. The number of nitrogens with zero attached hydrogens (tertiary/aromatic N) is 2. The van der Waals surface area contributed by atoms with E-state index in [-0.39, 0.29) is 11.8 Å². The minimum atomic E-state index is 0.0291. The molecule has 5 nitrogen and oxygen atoms in total. The number of carbonyl (C=O) groups excluding carboxylic acids is 2. The van der Waals surface area contributed by atoms with Crippen LogP contribution in [0.15, 0.2) is 29.3 Å². The van der Waals surface area contributed by atoms with Gasteiger partial charge >= 0.3 is 0 Å². The van der Waals surface area contributed by atoms with Crippen LogP contribution >= 0.6 is 11.8 Å². The molecular formula is C17H21N3O2S. The Balaban J connectivity index is 1.31. The maximum Gasteiger partial charge on any atom is 0.230 e. The van der Waals surface area contributed by atoms with Gasteiger partial charge in [-0.25, -0.2) is 4.99 Å². The summed E-state index contributed by atoms with van der Waals surface area (Å²) < 4.78 is 0. The lowest BCUT2D eigenvalue weighted by Gasteiger charge is -2.15. The molecule has 1 aromatic rings. The standard InChI is InChI=1S/C17H21N3O2S/c21-15(18-8-4-10-20-9-3-7-17(20)22)12-23-16-11-13-5-1-2-6-14(13)19-16/h1-2,5-6H,3-4,7-12H2,(H,18,21). The average Bonchev–Trinajstić information content (AvgIpc) is 3.15. The van der Waals surface area contributed by atoms with Crippen LogP contribution in [0, 0.1) is 0 Å². The number of amides is 2. The van der Waals surface area contributed by atoms with E-state index in [2.05, 4.69) is 16.4 Å². The Kier molecular flexibility index (Phi) is 5.33. The first-order valence-electron chi connectivity index (χ1n) is 8.05. The maximum atomic E-state index is 11.9. The molecule has 2 heterocycles. The molecule has 1 fully saturated rings. The Bertz CT molecular complexity index is 630. The molecule has 1 N–H and O–H groups in total. The smallest absolute Gasteiger partial charge is 0.230 e. The molecule has 0 bridgehead atoms. The summed E-state index contributed by atoms with van der Waals surface area (Å²) >= 11 is 1.51. The Morgan fingerprint density at radius 1 is 1.35 bits per heavy atom. The molecule has 1 saturated heterocycles. The highest BCUT2D eigenvalue weighted by atomic mass is 32.2. The maximum absolute atomic E-state index is 11.9. The Hall–Kier alpha value is -1.82. The number of rotatable bonds is 6. The fourth-order valence-corrected chi connectivity index (χ4v) is 3.65. The SMILES string of the molecule is O=C(CSC1=Nc2ccccc2C1)NCCCN1CCCC1=O. The average molecular weight is 331 g/mol. The third-order valence-corrected chi connectivity index (χ3v) is 5.02. The minimum Gasteiger partial charge on any atom is -0.355 e. The second-order valence-electron chi connectivity index (χ2n) is 5.79. The molecule has 0 radical (unpaired) electrons. The summed E-state index contributed by atoms with van der Waals surface area (Å²) in [6.07, 6.45) is 3.28. The monoisotopic (exact) mass is 331 g/mol. The molecule has 0 atom stereocenters. The van der Waals surface area contributed by atoms with Crippen molar-refractivity contribution in [2.75, 3.05) is 25.4 Å². The first kappa shape index (κ1) is 16.1. The van der Waals surface area contributed by atoms with Crippen molar-refractivity contribution in [3.05, 3.63) is 29.8 Å². The predicted molar refractivity (Wildman–Crippen MR) is 93.1 cm³/mol. The molecule has 0 aromatic heterocycles. The molecule has 2 amide bonds. The number of likely N-dealkylation sites (tertiary alicyclic amines) is 1. The normalized spacial score (nSPS) is 16.4. The van der Waals surface area contributed by atoms with E-state index >= 15 is 0 Å². The van der Waals surface area contributed by atoms with Crippen molar-refractivity contribution >= 4 is 34.3 Å². The summed E-state index contributed by atoms with van der Waals surface area (Å²) in [6, 6.07) is 8.07. The van der Waals surface area contributed by atoms with E-state index in [4.69, 9.17) is 0 Å². The molecule has 3 rings (SSSR count). The van der Waals surface area contributed by atoms with Crippen LogP contribution in [-0.4, -0.2) is 47.1 Å². The van der Waals surface area contributed by atoms with Crippen molar-refractivity contribution in [1.29, 1.82) is 0 Å². The van der Waals surface area contributed by atoms with E-state index in [0.717, 1.165) is 43.1 Å². The lowest BCUT2D eigenvalue weighted by molar-refractivity contribution is -0.127. The van der Waals surface area contributed by atoms with E-state index in [1.807, 2.05) is 23.1 Å². The number of fused-ring (bicyclic) bond motifs is 1. The largest absolute Gasteiger partial charge is 0.355 e. The van der Waals surface area contributed by atoms with Gasteiger partial charge in [0.15, 0.2) is 0 Å². The molecule has 23 heavy (non-hydrogen) atoms. The van der Waals surface area contributed by atoms with Gasteiger partial charge in [0.25, 0.3) is 0 Å². The van der Waals surface area contributed by atoms with Gasteiger partial charge in [-0.15, -0.1) is 11.8 Å². The van der Waals surface area contributed by atoms with Gasteiger partial charge in [0, 0.05) is 32.5 Å². The van der Waals surface area contributed by atoms with Crippen molar-refractivity contribution in [3.63, 3.8) is 0 Å². The molecule has 0 saturated carbocycles. The van der Waals surface area contributed by atoms with E-state index in [9.17, 15) is 9.59 Å². The number of benzene rings is 1. The van der Waals surface area contributed by atoms with Crippen molar-refractivity contribution in [3.8, 4) is 0 Å². The topological polar surface area (TPSA) is 61.8 Å². The third kappa shape index (κ3) is 4.34. The highest BCUT2D eigenvalue weighted by Gasteiger charge is 2.19. The van der Waals surface area contributed by atoms with Gasteiger partial charge in [0.2, 0.25) is 11.8 Å². The summed E-state index contributed by atoms with van der Waals surface area (Å²) in [7, 11) is 0. The highest BCUT2D eigenvalue weighted by molar-refractivity contribution is 8.14. The Labute approximate surface area is 140 Å². The molecule has 1 aromatic carbocycles. The summed E-state index contributed by atoms with van der Waals surface area (Å²) in [5.41, 5.74) is 2.25.